The first kappa shape index (κ1) is 13.1. The number of imidazole rings is 1. The number of rotatable bonds is 2. The molecule has 2 aliphatic heterocycles. The number of aromatic nitrogens is 2. The van der Waals surface area contributed by atoms with E-state index in [4.69, 9.17) is 9.47 Å². The molecular weight excluding hydrogens is 242 g/mol. The molecule has 0 aromatic carbocycles. The second-order valence-electron chi connectivity index (χ2n) is 5.55. The first-order valence-electron chi connectivity index (χ1n) is 7.17. The van der Waals surface area contributed by atoms with Crippen molar-refractivity contribution in [2.45, 2.75) is 31.9 Å². The molecule has 0 saturated carbocycles. The van der Waals surface area contributed by atoms with E-state index in [1.807, 2.05) is 14.0 Å². The number of aryl methyl sites for hydroxylation is 2. The largest absolute Gasteiger partial charge is 0.381 e. The van der Waals surface area contributed by atoms with Gasteiger partial charge in [-0.3, -0.25) is 4.90 Å². The van der Waals surface area contributed by atoms with Gasteiger partial charge in [0.15, 0.2) is 0 Å². The fourth-order valence-corrected chi connectivity index (χ4v) is 3.14. The first-order valence-corrected chi connectivity index (χ1v) is 7.17. The molecule has 0 bridgehead atoms. The Morgan fingerprint density at radius 3 is 2.74 bits per heavy atom. The number of hydrogen-bond donors (Lipinski definition) is 0. The van der Waals surface area contributed by atoms with E-state index in [-0.39, 0.29) is 6.10 Å². The van der Waals surface area contributed by atoms with Crippen LogP contribution in [0, 0.1) is 6.92 Å². The molecule has 5 heteroatoms. The summed E-state index contributed by atoms with van der Waals surface area (Å²) in [5, 5.41) is 0. The lowest BCUT2D eigenvalue weighted by Crippen LogP contribution is -2.47. The Kier molecular flexibility index (Phi) is 3.86. The summed E-state index contributed by atoms with van der Waals surface area (Å²) in [6, 6.07) is 0.654. The van der Waals surface area contributed by atoms with Crippen LogP contribution in [0.2, 0.25) is 0 Å². The summed E-state index contributed by atoms with van der Waals surface area (Å²) in [5.41, 5.74) is 1.06. The van der Waals surface area contributed by atoms with Gasteiger partial charge in [-0.15, -0.1) is 0 Å². The minimum absolute atomic E-state index is 0.107. The predicted molar refractivity (Wildman–Crippen MR) is 72.1 cm³/mol. The SMILES string of the molecule is Cc1cn(C)c(C2CN(C3CCOCC3)CCO2)n1. The van der Waals surface area contributed by atoms with Crippen molar-refractivity contribution in [3.8, 4) is 0 Å². The van der Waals surface area contributed by atoms with Crippen molar-refractivity contribution >= 4 is 0 Å². The van der Waals surface area contributed by atoms with E-state index in [1.54, 1.807) is 0 Å². The van der Waals surface area contributed by atoms with Crippen LogP contribution < -0.4 is 0 Å². The van der Waals surface area contributed by atoms with E-state index < -0.39 is 0 Å². The molecular formula is C14H23N3O2. The molecule has 0 radical (unpaired) electrons. The Labute approximate surface area is 114 Å². The van der Waals surface area contributed by atoms with Gasteiger partial charge in [-0.25, -0.2) is 4.98 Å². The van der Waals surface area contributed by atoms with Gasteiger partial charge < -0.3 is 14.0 Å². The highest BCUT2D eigenvalue weighted by atomic mass is 16.5. The van der Waals surface area contributed by atoms with Gasteiger partial charge in [-0.2, -0.15) is 0 Å². The van der Waals surface area contributed by atoms with Crippen molar-refractivity contribution in [2.75, 3.05) is 32.9 Å². The number of nitrogens with zero attached hydrogens (tertiary/aromatic N) is 3. The van der Waals surface area contributed by atoms with Crippen molar-refractivity contribution in [3.05, 3.63) is 17.7 Å². The lowest BCUT2D eigenvalue weighted by Gasteiger charge is -2.39. The van der Waals surface area contributed by atoms with E-state index in [0.29, 0.717) is 6.04 Å². The van der Waals surface area contributed by atoms with Gasteiger partial charge in [0.1, 0.15) is 11.9 Å². The lowest BCUT2D eigenvalue weighted by atomic mass is 10.1. The monoisotopic (exact) mass is 265 g/mol. The van der Waals surface area contributed by atoms with Crippen LogP contribution in [-0.2, 0) is 16.5 Å². The lowest BCUT2D eigenvalue weighted by molar-refractivity contribution is -0.0671. The van der Waals surface area contributed by atoms with E-state index in [2.05, 4.69) is 20.6 Å². The second-order valence-corrected chi connectivity index (χ2v) is 5.55. The van der Waals surface area contributed by atoms with Crippen LogP contribution in [-0.4, -0.2) is 53.4 Å². The summed E-state index contributed by atoms with van der Waals surface area (Å²) in [6.45, 7) is 6.61. The third kappa shape index (κ3) is 2.83. The summed E-state index contributed by atoms with van der Waals surface area (Å²) >= 11 is 0. The molecule has 1 atom stereocenters. The van der Waals surface area contributed by atoms with E-state index >= 15 is 0 Å². The van der Waals surface area contributed by atoms with Crippen LogP contribution in [0.15, 0.2) is 6.20 Å². The Bertz CT molecular complexity index is 426. The number of morpholine rings is 1. The molecule has 19 heavy (non-hydrogen) atoms. The summed E-state index contributed by atoms with van der Waals surface area (Å²) in [5.74, 6) is 1.05. The zero-order valence-corrected chi connectivity index (χ0v) is 11.8. The third-order valence-electron chi connectivity index (χ3n) is 4.13. The molecule has 2 saturated heterocycles. The van der Waals surface area contributed by atoms with Crippen LogP contribution in [0.1, 0.15) is 30.5 Å². The van der Waals surface area contributed by atoms with Crippen molar-refractivity contribution in [1.82, 2.24) is 14.5 Å². The van der Waals surface area contributed by atoms with Gasteiger partial charge in [0.05, 0.1) is 12.3 Å². The average Bonchev–Trinajstić information content (AvgIpc) is 2.79. The average molecular weight is 265 g/mol. The topological polar surface area (TPSA) is 39.5 Å². The quantitative estimate of drug-likeness (QED) is 0.807. The number of hydrogen-bond acceptors (Lipinski definition) is 4. The molecule has 5 nitrogen and oxygen atoms in total. The third-order valence-corrected chi connectivity index (χ3v) is 4.13. The molecule has 3 rings (SSSR count). The molecule has 0 aliphatic carbocycles. The standard InChI is InChI=1S/C14H23N3O2/c1-11-9-16(2)14(15-11)13-10-17(5-8-19-13)12-3-6-18-7-4-12/h9,12-13H,3-8,10H2,1-2H3. The zero-order valence-electron chi connectivity index (χ0n) is 11.8. The van der Waals surface area contributed by atoms with Crippen molar-refractivity contribution in [3.63, 3.8) is 0 Å². The molecule has 1 aromatic heterocycles. The van der Waals surface area contributed by atoms with Gasteiger partial charge in [0.2, 0.25) is 0 Å². The summed E-state index contributed by atoms with van der Waals surface area (Å²) in [7, 11) is 2.05. The molecule has 2 fully saturated rings. The van der Waals surface area contributed by atoms with Crippen LogP contribution in [0.4, 0.5) is 0 Å². The maximum atomic E-state index is 5.92. The summed E-state index contributed by atoms with van der Waals surface area (Å²) in [4.78, 5) is 7.16. The molecule has 2 aliphatic rings. The Morgan fingerprint density at radius 1 is 1.26 bits per heavy atom. The molecule has 0 amide bonds. The minimum Gasteiger partial charge on any atom is -0.381 e. The molecule has 1 unspecified atom stereocenters. The van der Waals surface area contributed by atoms with Gasteiger partial charge in [0.25, 0.3) is 0 Å². The summed E-state index contributed by atoms with van der Waals surface area (Å²) in [6.07, 6.45) is 4.46. The van der Waals surface area contributed by atoms with Crippen LogP contribution >= 0.6 is 0 Å². The van der Waals surface area contributed by atoms with Gasteiger partial charge in [-0.1, -0.05) is 0 Å². The highest BCUT2D eigenvalue weighted by Crippen LogP contribution is 2.25. The maximum absolute atomic E-state index is 5.92. The van der Waals surface area contributed by atoms with Crippen molar-refractivity contribution in [1.29, 1.82) is 0 Å². The fraction of sp³-hybridized carbons (Fsp3) is 0.786. The molecule has 3 heterocycles. The smallest absolute Gasteiger partial charge is 0.139 e. The van der Waals surface area contributed by atoms with Crippen LogP contribution in [0.3, 0.4) is 0 Å². The molecule has 1 aromatic rings. The first-order chi connectivity index (χ1) is 9.24. The van der Waals surface area contributed by atoms with E-state index in [9.17, 15) is 0 Å². The van der Waals surface area contributed by atoms with Crippen molar-refractivity contribution in [2.24, 2.45) is 7.05 Å². The normalized spacial score (nSPS) is 26.7. The van der Waals surface area contributed by atoms with Crippen LogP contribution in [0.25, 0.3) is 0 Å². The van der Waals surface area contributed by atoms with E-state index in [1.165, 1.54) is 0 Å². The highest BCUT2D eigenvalue weighted by Gasteiger charge is 2.30. The predicted octanol–water partition coefficient (Wildman–Crippen LogP) is 1.28. The fourth-order valence-electron chi connectivity index (χ4n) is 3.14. The van der Waals surface area contributed by atoms with Gasteiger partial charge in [-0.05, 0) is 19.8 Å². The number of ether oxygens (including phenoxy) is 2. The minimum atomic E-state index is 0.107. The Balaban J connectivity index is 1.69. The zero-order chi connectivity index (χ0) is 13.2. The van der Waals surface area contributed by atoms with Gasteiger partial charge >= 0.3 is 0 Å². The molecule has 0 spiro atoms. The molecule has 106 valence electrons. The maximum Gasteiger partial charge on any atom is 0.139 e. The Morgan fingerprint density at radius 2 is 2.05 bits per heavy atom. The van der Waals surface area contributed by atoms with Gasteiger partial charge in [0, 0.05) is 45.6 Å². The van der Waals surface area contributed by atoms with Crippen LogP contribution in [0.5, 0.6) is 0 Å². The van der Waals surface area contributed by atoms with E-state index in [0.717, 1.165) is 57.3 Å². The summed E-state index contributed by atoms with van der Waals surface area (Å²) < 4.78 is 13.5. The molecule has 0 N–H and O–H groups in total. The highest BCUT2D eigenvalue weighted by molar-refractivity contribution is 5.05. The van der Waals surface area contributed by atoms with Crippen molar-refractivity contribution < 1.29 is 9.47 Å². The second kappa shape index (κ2) is 5.61. The Hall–Kier alpha value is -0.910.